The second-order valence-electron chi connectivity index (χ2n) is 6.77. The van der Waals surface area contributed by atoms with Crippen LogP contribution in [0.25, 0.3) is 0 Å². The molecule has 0 spiro atoms. The van der Waals surface area contributed by atoms with Gasteiger partial charge in [-0.05, 0) is 55.7 Å². The van der Waals surface area contributed by atoms with Gasteiger partial charge in [0.1, 0.15) is 5.82 Å². The van der Waals surface area contributed by atoms with Gasteiger partial charge in [-0.15, -0.1) is 0 Å². The van der Waals surface area contributed by atoms with Gasteiger partial charge in [0.05, 0.1) is 4.90 Å². The summed E-state index contributed by atoms with van der Waals surface area (Å²) in [5.74, 6) is -0.769. The standard InChI is InChI=1S/C19H20BrFN2O3S/c1-12-3-7-16(27(25,26)22-15-5-6-15)10-17(12)19(24)23(2)11-13-9-14(20)4-8-18(13)21/h3-4,7-10,15,22H,5-6,11H2,1-2H3. The lowest BCUT2D eigenvalue weighted by Crippen LogP contribution is -2.29. The summed E-state index contributed by atoms with van der Waals surface area (Å²) in [7, 11) is -2.09. The zero-order valence-corrected chi connectivity index (χ0v) is 17.4. The Balaban J connectivity index is 1.85. The first-order chi connectivity index (χ1) is 12.7. The molecule has 1 N–H and O–H groups in total. The van der Waals surface area contributed by atoms with E-state index in [0.29, 0.717) is 11.1 Å². The van der Waals surface area contributed by atoms with Crippen molar-refractivity contribution in [2.75, 3.05) is 7.05 Å². The van der Waals surface area contributed by atoms with Crippen LogP contribution in [-0.2, 0) is 16.6 Å². The van der Waals surface area contributed by atoms with Crippen LogP contribution < -0.4 is 4.72 Å². The minimum Gasteiger partial charge on any atom is -0.337 e. The Morgan fingerprint density at radius 1 is 1.26 bits per heavy atom. The lowest BCUT2D eigenvalue weighted by molar-refractivity contribution is 0.0783. The Bertz CT molecular complexity index is 990. The first-order valence-electron chi connectivity index (χ1n) is 8.50. The summed E-state index contributed by atoms with van der Waals surface area (Å²) in [6.45, 7) is 1.81. The quantitative estimate of drug-likeness (QED) is 0.724. The molecule has 1 saturated carbocycles. The smallest absolute Gasteiger partial charge is 0.254 e. The molecule has 1 amide bonds. The molecule has 1 fully saturated rings. The van der Waals surface area contributed by atoms with Crippen molar-refractivity contribution in [3.8, 4) is 0 Å². The fourth-order valence-corrected chi connectivity index (χ4v) is 4.42. The van der Waals surface area contributed by atoms with E-state index < -0.39 is 15.8 Å². The Hall–Kier alpha value is -1.77. The number of amides is 1. The largest absolute Gasteiger partial charge is 0.337 e. The van der Waals surface area contributed by atoms with Crippen LogP contribution in [0.2, 0.25) is 0 Å². The van der Waals surface area contributed by atoms with E-state index in [-0.39, 0.29) is 29.0 Å². The summed E-state index contributed by atoms with van der Waals surface area (Å²) in [5.41, 5.74) is 1.32. The van der Waals surface area contributed by atoms with Crippen molar-refractivity contribution < 1.29 is 17.6 Å². The van der Waals surface area contributed by atoms with E-state index in [1.807, 2.05) is 0 Å². The topological polar surface area (TPSA) is 66.5 Å². The molecule has 8 heteroatoms. The second-order valence-corrected chi connectivity index (χ2v) is 9.40. The van der Waals surface area contributed by atoms with E-state index in [2.05, 4.69) is 20.7 Å². The molecule has 3 rings (SSSR count). The number of nitrogens with zero attached hydrogens (tertiary/aromatic N) is 1. The monoisotopic (exact) mass is 454 g/mol. The van der Waals surface area contributed by atoms with Gasteiger partial charge < -0.3 is 4.90 Å². The van der Waals surface area contributed by atoms with Crippen LogP contribution in [0.3, 0.4) is 0 Å². The molecular weight excluding hydrogens is 435 g/mol. The summed E-state index contributed by atoms with van der Waals surface area (Å²) in [6.07, 6.45) is 1.66. The predicted molar refractivity (Wildman–Crippen MR) is 104 cm³/mol. The van der Waals surface area contributed by atoms with Gasteiger partial charge in [0.2, 0.25) is 10.0 Å². The van der Waals surface area contributed by atoms with E-state index in [4.69, 9.17) is 0 Å². The molecule has 1 aliphatic carbocycles. The Morgan fingerprint density at radius 2 is 1.96 bits per heavy atom. The van der Waals surface area contributed by atoms with Crippen LogP contribution in [0.1, 0.15) is 34.3 Å². The number of benzene rings is 2. The molecular formula is C19H20BrFN2O3S. The average Bonchev–Trinajstić information content (AvgIpc) is 3.41. The van der Waals surface area contributed by atoms with Crippen LogP contribution in [0, 0.1) is 12.7 Å². The summed E-state index contributed by atoms with van der Waals surface area (Å²) >= 11 is 3.29. The van der Waals surface area contributed by atoms with E-state index in [1.165, 1.54) is 23.1 Å². The van der Waals surface area contributed by atoms with Crippen molar-refractivity contribution in [1.29, 1.82) is 0 Å². The number of sulfonamides is 1. The SMILES string of the molecule is Cc1ccc(S(=O)(=O)NC2CC2)cc1C(=O)N(C)Cc1cc(Br)ccc1F. The van der Waals surface area contributed by atoms with Crippen LogP contribution >= 0.6 is 15.9 Å². The Morgan fingerprint density at radius 3 is 2.63 bits per heavy atom. The van der Waals surface area contributed by atoms with Gasteiger partial charge in [-0.25, -0.2) is 17.5 Å². The van der Waals surface area contributed by atoms with Crippen molar-refractivity contribution in [3.63, 3.8) is 0 Å². The number of rotatable bonds is 6. The van der Waals surface area contributed by atoms with Gasteiger partial charge in [0.25, 0.3) is 5.91 Å². The number of carbonyl (C=O) groups is 1. The fourth-order valence-electron chi connectivity index (χ4n) is 2.68. The zero-order chi connectivity index (χ0) is 19.8. The second kappa shape index (κ2) is 7.69. The lowest BCUT2D eigenvalue weighted by Gasteiger charge is -2.19. The molecule has 144 valence electrons. The third-order valence-corrected chi connectivity index (χ3v) is 6.42. The number of aryl methyl sites for hydroxylation is 1. The normalized spacial score (nSPS) is 14.2. The highest BCUT2D eigenvalue weighted by molar-refractivity contribution is 9.10. The third-order valence-electron chi connectivity index (χ3n) is 4.41. The highest BCUT2D eigenvalue weighted by atomic mass is 79.9. The number of halogens is 2. The average molecular weight is 455 g/mol. The van der Waals surface area contributed by atoms with E-state index in [0.717, 1.165) is 17.3 Å². The lowest BCUT2D eigenvalue weighted by atomic mass is 10.1. The predicted octanol–water partition coefficient (Wildman–Crippen LogP) is 3.61. The maximum atomic E-state index is 14.0. The molecule has 0 aromatic heterocycles. The van der Waals surface area contributed by atoms with Gasteiger partial charge in [-0.2, -0.15) is 0 Å². The Kier molecular flexibility index (Phi) is 5.69. The molecule has 0 atom stereocenters. The number of hydrogen-bond acceptors (Lipinski definition) is 3. The van der Waals surface area contributed by atoms with E-state index in [9.17, 15) is 17.6 Å². The van der Waals surface area contributed by atoms with E-state index in [1.54, 1.807) is 32.2 Å². The van der Waals surface area contributed by atoms with Gasteiger partial charge in [-0.1, -0.05) is 22.0 Å². The molecule has 27 heavy (non-hydrogen) atoms. The molecule has 2 aromatic rings. The van der Waals surface area contributed by atoms with Crippen LogP contribution in [0.5, 0.6) is 0 Å². The molecule has 0 unspecified atom stereocenters. The first kappa shape index (κ1) is 20.0. The van der Waals surface area contributed by atoms with Crippen molar-refractivity contribution in [1.82, 2.24) is 9.62 Å². The Labute approximate surface area is 166 Å². The van der Waals surface area contributed by atoms with Crippen molar-refractivity contribution in [2.45, 2.75) is 37.2 Å². The van der Waals surface area contributed by atoms with Crippen molar-refractivity contribution in [3.05, 3.63) is 63.4 Å². The van der Waals surface area contributed by atoms with Gasteiger partial charge in [0, 0.05) is 35.2 Å². The molecule has 1 aliphatic rings. The molecule has 0 bridgehead atoms. The van der Waals surface area contributed by atoms with Crippen LogP contribution in [0.4, 0.5) is 4.39 Å². The first-order valence-corrected chi connectivity index (χ1v) is 10.8. The maximum absolute atomic E-state index is 14.0. The van der Waals surface area contributed by atoms with Crippen molar-refractivity contribution in [2.24, 2.45) is 0 Å². The summed E-state index contributed by atoms with van der Waals surface area (Å²) in [4.78, 5) is 14.3. The third kappa shape index (κ3) is 4.75. The van der Waals surface area contributed by atoms with Gasteiger partial charge in [-0.3, -0.25) is 4.79 Å². The molecule has 0 saturated heterocycles. The van der Waals surface area contributed by atoms with Gasteiger partial charge in [0.15, 0.2) is 0 Å². The summed E-state index contributed by atoms with van der Waals surface area (Å²) in [5, 5.41) is 0. The molecule has 0 aliphatic heterocycles. The highest BCUT2D eigenvalue weighted by Gasteiger charge is 2.29. The highest BCUT2D eigenvalue weighted by Crippen LogP contribution is 2.24. The summed E-state index contributed by atoms with van der Waals surface area (Å²) < 4.78 is 42.1. The molecule has 5 nitrogen and oxygen atoms in total. The van der Waals surface area contributed by atoms with E-state index >= 15 is 0 Å². The summed E-state index contributed by atoms with van der Waals surface area (Å²) in [6, 6.07) is 9.01. The number of nitrogens with one attached hydrogen (secondary N) is 1. The minimum absolute atomic E-state index is 0.0161. The maximum Gasteiger partial charge on any atom is 0.254 e. The molecule has 0 radical (unpaired) electrons. The van der Waals surface area contributed by atoms with Crippen molar-refractivity contribution >= 4 is 31.9 Å². The zero-order valence-electron chi connectivity index (χ0n) is 15.0. The van der Waals surface area contributed by atoms with Gasteiger partial charge >= 0.3 is 0 Å². The minimum atomic E-state index is -3.65. The number of carbonyl (C=O) groups excluding carboxylic acids is 1. The van der Waals surface area contributed by atoms with Crippen LogP contribution in [-0.4, -0.2) is 32.3 Å². The molecule has 0 heterocycles. The van der Waals surface area contributed by atoms with Crippen LogP contribution in [0.15, 0.2) is 45.8 Å². The molecule has 2 aromatic carbocycles. The number of hydrogen-bond donors (Lipinski definition) is 1. The fraction of sp³-hybridized carbons (Fsp3) is 0.316.